The van der Waals surface area contributed by atoms with Gasteiger partial charge >= 0.3 is 0 Å². The number of carbonyl (C=O) groups is 1. The second kappa shape index (κ2) is 7.34. The molecule has 4 aromatic rings. The van der Waals surface area contributed by atoms with Crippen LogP contribution in [0.15, 0.2) is 66.0 Å². The molecule has 7 nitrogen and oxygen atoms in total. The minimum Gasteiger partial charge on any atom is -0.321 e. The third kappa shape index (κ3) is 3.79. The number of amides is 1. The zero-order chi connectivity index (χ0) is 21.5. The number of hydrogen-bond donors (Lipinski definition) is 1. The third-order valence-electron chi connectivity index (χ3n) is 4.58. The molecule has 1 amide bonds. The second-order valence-electron chi connectivity index (χ2n) is 6.85. The number of anilines is 1. The molecule has 4 rings (SSSR count). The van der Waals surface area contributed by atoms with E-state index in [1.807, 2.05) is 35.9 Å². The first-order valence-electron chi connectivity index (χ1n) is 8.94. The molecular weight excluding hydrogens is 407 g/mol. The molecule has 9 heteroatoms. The highest BCUT2D eigenvalue weighted by atomic mass is 32.2. The predicted molar refractivity (Wildman–Crippen MR) is 111 cm³/mol. The number of nitrogens with zero attached hydrogens (tertiary/aromatic N) is 3. The molecule has 3 aromatic heterocycles. The number of imidazole rings is 1. The normalized spacial score (nSPS) is 11.6. The van der Waals surface area contributed by atoms with E-state index in [0.717, 1.165) is 41.0 Å². The van der Waals surface area contributed by atoms with Crippen molar-refractivity contribution in [2.24, 2.45) is 0 Å². The van der Waals surface area contributed by atoms with Crippen molar-refractivity contribution >= 4 is 27.1 Å². The van der Waals surface area contributed by atoms with Crippen molar-refractivity contribution in [1.29, 1.82) is 0 Å². The van der Waals surface area contributed by atoms with Gasteiger partial charge in [0.1, 0.15) is 5.65 Å². The molecule has 0 aliphatic carbocycles. The van der Waals surface area contributed by atoms with Gasteiger partial charge in [0.15, 0.2) is 21.3 Å². The molecule has 0 saturated heterocycles. The van der Waals surface area contributed by atoms with E-state index in [1.54, 1.807) is 24.3 Å². The number of aromatic nitrogens is 3. The van der Waals surface area contributed by atoms with Crippen LogP contribution in [0.4, 0.5) is 10.1 Å². The molecule has 0 fully saturated rings. The van der Waals surface area contributed by atoms with Gasteiger partial charge in [-0.25, -0.2) is 22.8 Å². The minimum atomic E-state index is -3.61. The SMILES string of the molecule is Cc1cccn2cc(-c3ccc(NC(=O)c4ncc(S(C)(=O)=O)cc4F)cc3)nc12. The minimum absolute atomic E-state index is 0.288. The number of fused-ring (bicyclic) bond motifs is 1. The van der Waals surface area contributed by atoms with Gasteiger partial charge in [-0.2, -0.15) is 0 Å². The standard InChI is InChI=1S/C21H17FN4O3S/c1-13-4-3-9-26-12-18(25-20(13)26)14-5-7-15(8-6-14)24-21(27)19-17(22)10-16(11-23-19)30(2,28)29/h3-12H,1-2H3,(H,24,27). The quantitative estimate of drug-likeness (QED) is 0.541. The van der Waals surface area contributed by atoms with Crippen LogP contribution in [-0.2, 0) is 9.84 Å². The van der Waals surface area contributed by atoms with Crippen molar-refractivity contribution in [3.05, 3.63) is 78.1 Å². The van der Waals surface area contributed by atoms with Crippen molar-refractivity contribution in [1.82, 2.24) is 14.4 Å². The Hall–Kier alpha value is -3.59. The molecule has 0 aliphatic rings. The Balaban J connectivity index is 1.54. The van der Waals surface area contributed by atoms with Gasteiger partial charge in [0.05, 0.1) is 10.6 Å². The Morgan fingerprint density at radius 3 is 2.53 bits per heavy atom. The van der Waals surface area contributed by atoms with Crippen LogP contribution in [0.2, 0.25) is 0 Å². The molecule has 0 unspecified atom stereocenters. The fraction of sp³-hybridized carbons (Fsp3) is 0.0952. The molecule has 0 atom stereocenters. The van der Waals surface area contributed by atoms with Gasteiger partial charge in [0.25, 0.3) is 5.91 Å². The van der Waals surface area contributed by atoms with Gasteiger partial charge in [-0.05, 0) is 36.8 Å². The van der Waals surface area contributed by atoms with E-state index in [-0.39, 0.29) is 4.90 Å². The average Bonchev–Trinajstić information content (AvgIpc) is 3.13. The molecule has 152 valence electrons. The summed E-state index contributed by atoms with van der Waals surface area (Å²) >= 11 is 0. The van der Waals surface area contributed by atoms with Gasteiger partial charge < -0.3 is 9.72 Å². The summed E-state index contributed by atoms with van der Waals surface area (Å²) in [6.07, 6.45) is 5.74. The van der Waals surface area contributed by atoms with Crippen molar-refractivity contribution < 1.29 is 17.6 Å². The Morgan fingerprint density at radius 1 is 1.17 bits per heavy atom. The molecule has 0 aliphatic heterocycles. The fourth-order valence-electron chi connectivity index (χ4n) is 3.00. The smallest absolute Gasteiger partial charge is 0.277 e. The van der Waals surface area contributed by atoms with Crippen LogP contribution >= 0.6 is 0 Å². The summed E-state index contributed by atoms with van der Waals surface area (Å²) in [5.74, 6) is -1.78. The number of sulfone groups is 1. The fourth-order valence-corrected chi connectivity index (χ4v) is 3.56. The Morgan fingerprint density at radius 2 is 1.90 bits per heavy atom. The highest BCUT2D eigenvalue weighted by molar-refractivity contribution is 7.90. The first-order valence-corrected chi connectivity index (χ1v) is 10.8. The van der Waals surface area contributed by atoms with Gasteiger partial charge in [-0.3, -0.25) is 4.79 Å². The Labute approximate surface area is 172 Å². The Kier molecular flexibility index (Phi) is 4.83. The van der Waals surface area contributed by atoms with E-state index >= 15 is 0 Å². The van der Waals surface area contributed by atoms with Crippen LogP contribution in [0, 0.1) is 12.7 Å². The second-order valence-corrected chi connectivity index (χ2v) is 8.87. The highest BCUT2D eigenvalue weighted by Gasteiger charge is 2.18. The summed E-state index contributed by atoms with van der Waals surface area (Å²) in [4.78, 5) is 20.3. The predicted octanol–water partition coefficient (Wildman–Crippen LogP) is 3.50. The molecule has 3 heterocycles. The van der Waals surface area contributed by atoms with Gasteiger partial charge in [-0.15, -0.1) is 0 Å². The number of carbonyl (C=O) groups excluding carboxylic acids is 1. The molecule has 0 saturated carbocycles. The first-order chi connectivity index (χ1) is 14.2. The monoisotopic (exact) mass is 424 g/mol. The summed E-state index contributed by atoms with van der Waals surface area (Å²) in [6, 6.07) is 11.7. The lowest BCUT2D eigenvalue weighted by Crippen LogP contribution is -2.16. The number of aryl methyl sites for hydroxylation is 1. The molecule has 0 radical (unpaired) electrons. The maximum absolute atomic E-state index is 14.2. The molecule has 1 N–H and O–H groups in total. The van der Waals surface area contributed by atoms with Crippen LogP contribution in [-0.4, -0.2) is 34.9 Å². The van der Waals surface area contributed by atoms with Crippen LogP contribution in [0.3, 0.4) is 0 Å². The number of hydrogen-bond acceptors (Lipinski definition) is 5. The number of halogens is 1. The van der Waals surface area contributed by atoms with Crippen molar-refractivity contribution in [2.45, 2.75) is 11.8 Å². The lowest BCUT2D eigenvalue weighted by atomic mass is 10.1. The zero-order valence-corrected chi connectivity index (χ0v) is 16.9. The average molecular weight is 424 g/mol. The topological polar surface area (TPSA) is 93.4 Å². The summed E-state index contributed by atoms with van der Waals surface area (Å²) < 4.78 is 39.0. The number of pyridine rings is 2. The van der Waals surface area contributed by atoms with Crippen molar-refractivity contribution in [3.8, 4) is 11.3 Å². The summed E-state index contributed by atoms with van der Waals surface area (Å²) in [6.45, 7) is 1.99. The van der Waals surface area contributed by atoms with Crippen LogP contribution in [0.1, 0.15) is 16.1 Å². The molecule has 1 aromatic carbocycles. The van der Waals surface area contributed by atoms with Crippen LogP contribution < -0.4 is 5.32 Å². The maximum atomic E-state index is 14.2. The lowest BCUT2D eigenvalue weighted by molar-refractivity contribution is 0.101. The number of nitrogens with one attached hydrogen (secondary N) is 1. The van der Waals surface area contributed by atoms with Gasteiger partial charge in [-0.1, -0.05) is 18.2 Å². The summed E-state index contributed by atoms with van der Waals surface area (Å²) in [7, 11) is -3.61. The van der Waals surface area contributed by atoms with Crippen molar-refractivity contribution in [3.63, 3.8) is 0 Å². The van der Waals surface area contributed by atoms with E-state index in [1.165, 1.54) is 0 Å². The van der Waals surface area contributed by atoms with Crippen LogP contribution in [0.5, 0.6) is 0 Å². The van der Waals surface area contributed by atoms with E-state index in [2.05, 4.69) is 15.3 Å². The number of rotatable bonds is 4. The first kappa shape index (κ1) is 19.7. The Bertz CT molecular complexity index is 1380. The molecular formula is C21H17FN4O3S. The highest BCUT2D eigenvalue weighted by Crippen LogP contribution is 2.23. The third-order valence-corrected chi connectivity index (χ3v) is 5.66. The van der Waals surface area contributed by atoms with Gasteiger partial charge in [0, 0.05) is 36.1 Å². The molecule has 0 bridgehead atoms. The van der Waals surface area contributed by atoms with E-state index in [4.69, 9.17) is 0 Å². The van der Waals surface area contributed by atoms with Crippen LogP contribution in [0.25, 0.3) is 16.9 Å². The van der Waals surface area contributed by atoms with E-state index in [0.29, 0.717) is 5.69 Å². The largest absolute Gasteiger partial charge is 0.321 e. The molecule has 0 spiro atoms. The lowest BCUT2D eigenvalue weighted by Gasteiger charge is -2.07. The summed E-state index contributed by atoms with van der Waals surface area (Å²) in [5.41, 5.74) is 3.52. The van der Waals surface area contributed by atoms with Gasteiger partial charge in [0.2, 0.25) is 0 Å². The zero-order valence-electron chi connectivity index (χ0n) is 16.1. The maximum Gasteiger partial charge on any atom is 0.277 e. The van der Waals surface area contributed by atoms with Crippen molar-refractivity contribution in [2.75, 3.05) is 11.6 Å². The number of benzene rings is 1. The molecule has 30 heavy (non-hydrogen) atoms. The van der Waals surface area contributed by atoms with E-state index in [9.17, 15) is 17.6 Å². The van der Waals surface area contributed by atoms with E-state index < -0.39 is 27.3 Å². The summed E-state index contributed by atoms with van der Waals surface area (Å²) in [5, 5.41) is 2.56.